The van der Waals surface area contributed by atoms with Crippen LogP contribution < -0.4 is 4.72 Å². The van der Waals surface area contributed by atoms with Crippen molar-refractivity contribution in [2.24, 2.45) is 5.92 Å². The Morgan fingerprint density at radius 3 is 2.58 bits per heavy atom. The number of hydrogen-bond donors (Lipinski definition) is 2. The summed E-state index contributed by atoms with van der Waals surface area (Å²) >= 11 is 0. The van der Waals surface area contributed by atoms with Crippen LogP contribution in [0.5, 0.6) is 0 Å². The van der Waals surface area contributed by atoms with Gasteiger partial charge in [0.15, 0.2) is 0 Å². The lowest BCUT2D eigenvalue weighted by Crippen LogP contribution is -2.20. The van der Waals surface area contributed by atoms with Gasteiger partial charge in [-0.05, 0) is 24.5 Å². The van der Waals surface area contributed by atoms with Crippen molar-refractivity contribution in [1.82, 2.24) is 0 Å². The molecular weight excluding hydrogens is 273 g/mol. The minimum Gasteiger partial charge on any atom is -0.478 e. The van der Waals surface area contributed by atoms with E-state index < -0.39 is 33.1 Å². The third kappa shape index (κ3) is 4.51. The summed E-state index contributed by atoms with van der Waals surface area (Å²) in [6, 6.07) is 3.36. The van der Waals surface area contributed by atoms with Gasteiger partial charge in [-0.1, -0.05) is 19.9 Å². The molecule has 0 atom stereocenters. The van der Waals surface area contributed by atoms with Gasteiger partial charge in [0.25, 0.3) is 0 Å². The molecule has 7 heteroatoms. The first-order chi connectivity index (χ1) is 8.73. The zero-order chi connectivity index (χ0) is 14.6. The van der Waals surface area contributed by atoms with Crippen LogP contribution >= 0.6 is 0 Å². The molecule has 1 aromatic carbocycles. The Balaban J connectivity index is 3.02. The van der Waals surface area contributed by atoms with Crippen molar-refractivity contribution in [3.05, 3.63) is 29.6 Å². The molecule has 0 spiro atoms. The number of rotatable bonds is 6. The van der Waals surface area contributed by atoms with Crippen LogP contribution in [0, 0.1) is 11.7 Å². The van der Waals surface area contributed by atoms with E-state index in [4.69, 9.17) is 5.11 Å². The number of carboxylic acid groups (broad SMARTS) is 1. The summed E-state index contributed by atoms with van der Waals surface area (Å²) in [6.45, 7) is 3.72. The maximum Gasteiger partial charge on any atom is 0.337 e. The highest BCUT2D eigenvalue weighted by Gasteiger charge is 2.19. The van der Waals surface area contributed by atoms with E-state index in [1.807, 2.05) is 18.6 Å². The lowest BCUT2D eigenvalue weighted by molar-refractivity contribution is 0.0697. The smallest absolute Gasteiger partial charge is 0.337 e. The molecule has 106 valence electrons. The predicted octanol–water partition coefficient (Wildman–Crippen LogP) is 2.31. The molecule has 0 saturated carbocycles. The number of anilines is 1. The van der Waals surface area contributed by atoms with Crippen molar-refractivity contribution < 1.29 is 22.7 Å². The molecule has 2 N–H and O–H groups in total. The zero-order valence-electron chi connectivity index (χ0n) is 10.7. The lowest BCUT2D eigenvalue weighted by atomic mass is 10.2. The molecule has 0 amide bonds. The molecule has 1 aromatic rings. The van der Waals surface area contributed by atoms with E-state index in [9.17, 15) is 17.6 Å². The highest BCUT2D eigenvalue weighted by molar-refractivity contribution is 7.92. The fraction of sp³-hybridized carbons (Fsp3) is 0.417. The number of carboxylic acids is 1. The summed E-state index contributed by atoms with van der Waals surface area (Å²) in [4.78, 5) is 10.9. The number of carbonyl (C=O) groups is 1. The summed E-state index contributed by atoms with van der Waals surface area (Å²) in [5, 5.41) is 8.90. The molecule has 0 aliphatic rings. The maximum absolute atomic E-state index is 13.5. The van der Waals surface area contributed by atoms with E-state index in [-0.39, 0.29) is 11.7 Å². The van der Waals surface area contributed by atoms with Crippen molar-refractivity contribution in [3.8, 4) is 0 Å². The molecule has 0 bridgehead atoms. The van der Waals surface area contributed by atoms with Crippen molar-refractivity contribution >= 4 is 21.7 Å². The molecule has 0 radical (unpaired) electrons. The van der Waals surface area contributed by atoms with E-state index in [1.54, 1.807) is 0 Å². The van der Waals surface area contributed by atoms with Crippen LogP contribution in [0.3, 0.4) is 0 Å². The van der Waals surface area contributed by atoms with Gasteiger partial charge in [0.1, 0.15) is 5.82 Å². The van der Waals surface area contributed by atoms with Crippen LogP contribution in [-0.2, 0) is 10.0 Å². The van der Waals surface area contributed by atoms with Gasteiger partial charge in [0, 0.05) is 0 Å². The van der Waals surface area contributed by atoms with Crippen molar-refractivity contribution in [3.63, 3.8) is 0 Å². The molecule has 0 saturated heterocycles. The van der Waals surface area contributed by atoms with Crippen LogP contribution in [0.4, 0.5) is 10.1 Å². The Bertz CT molecular complexity index is 569. The minimum atomic E-state index is -3.76. The van der Waals surface area contributed by atoms with E-state index in [1.165, 1.54) is 6.07 Å². The number of benzene rings is 1. The second-order valence-corrected chi connectivity index (χ2v) is 6.41. The van der Waals surface area contributed by atoms with Crippen molar-refractivity contribution in [2.45, 2.75) is 20.3 Å². The van der Waals surface area contributed by atoms with Crippen LogP contribution in [0.2, 0.25) is 0 Å². The molecule has 1 rings (SSSR count). The monoisotopic (exact) mass is 289 g/mol. The maximum atomic E-state index is 13.5. The van der Waals surface area contributed by atoms with Gasteiger partial charge in [-0.15, -0.1) is 0 Å². The van der Waals surface area contributed by atoms with Crippen LogP contribution in [-0.4, -0.2) is 25.2 Å². The number of hydrogen-bond acceptors (Lipinski definition) is 3. The van der Waals surface area contributed by atoms with E-state index in [2.05, 4.69) is 0 Å². The fourth-order valence-corrected chi connectivity index (χ4v) is 2.81. The lowest BCUT2D eigenvalue weighted by Gasteiger charge is -2.12. The molecule has 0 aromatic heterocycles. The number of halogens is 1. The number of sulfonamides is 1. The summed E-state index contributed by atoms with van der Waals surface area (Å²) in [6.07, 6.45) is 0.409. The Hall–Kier alpha value is -1.63. The van der Waals surface area contributed by atoms with Crippen LogP contribution in [0.25, 0.3) is 0 Å². The van der Waals surface area contributed by atoms with Gasteiger partial charge in [-0.2, -0.15) is 0 Å². The highest BCUT2D eigenvalue weighted by Crippen LogP contribution is 2.21. The molecule has 0 fully saturated rings. The average Bonchev–Trinajstić information content (AvgIpc) is 2.29. The molecule has 0 heterocycles. The largest absolute Gasteiger partial charge is 0.478 e. The number of para-hydroxylation sites is 1. The highest BCUT2D eigenvalue weighted by atomic mass is 32.2. The third-order valence-electron chi connectivity index (χ3n) is 2.47. The molecule has 5 nitrogen and oxygen atoms in total. The Labute approximate surface area is 111 Å². The second-order valence-electron chi connectivity index (χ2n) is 4.57. The summed E-state index contributed by atoms with van der Waals surface area (Å²) < 4.78 is 39.1. The summed E-state index contributed by atoms with van der Waals surface area (Å²) in [5.41, 5.74) is -0.924. The molecule has 0 unspecified atom stereocenters. The average molecular weight is 289 g/mol. The number of nitrogens with one attached hydrogen (secondary N) is 1. The minimum absolute atomic E-state index is 0.177. The molecule has 0 aliphatic carbocycles. The summed E-state index contributed by atoms with van der Waals surface area (Å²) in [5.74, 6) is -2.30. The third-order valence-corrected chi connectivity index (χ3v) is 3.75. The van der Waals surface area contributed by atoms with Gasteiger partial charge in [0.2, 0.25) is 10.0 Å². The first-order valence-electron chi connectivity index (χ1n) is 5.75. The first kappa shape index (κ1) is 15.4. The van der Waals surface area contributed by atoms with Gasteiger partial charge in [-0.3, -0.25) is 4.72 Å². The normalized spacial score (nSPS) is 11.6. The Morgan fingerprint density at radius 1 is 1.42 bits per heavy atom. The van der Waals surface area contributed by atoms with Gasteiger partial charge >= 0.3 is 5.97 Å². The van der Waals surface area contributed by atoms with Crippen LogP contribution in [0.15, 0.2) is 18.2 Å². The van der Waals surface area contributed by atoms with Gasteiger partial charge < -0.3 is 5.11 Å². The second kappa shape index (κ2) is 6.01. The van der Waals surface area contributed by atoms with Gasteiger partial charge in [-0.25, -0.2) is 17.6 Å². The Kier molecular flexibility index (Phi) is 4.88. The fourth-order valence-electron chi connectivity index (χ4n) is 1.40. The standard InChI is InChI=1S/C12H16FNO4S/c1-8(2)6-7-19(17,18)14-11-9(12(15)16)4-3-5-10(11)13/h3-5,8,14H,6-7H2,1-2H3,(H,15,16). The first-order valence-corrected chi connectivity index (χ1v) is 7.40. The van der Waals surface area contributed by atoms with E-state index in [0.29, 0.717) is 6.42 Å². The topological polar surface area (TPSA) is 83.5 Å². The van der Waals surface area contributed by atoms with Gasteiger partial charge in [0.05, 0.1) is 17.0 Å². The predicted molar refractivity (Wildman–Crippen MR) is 70.2 cm³/mol. The van der Waals surface area contributed by atoms with Crippen molar-refractivity contribution in [1.29, 1.82) is 0 Å². The molecule has 0 aliphatic heterocycles. The van der Waals surface area contributed by atoms with E-state index >= 15 is 0 Å². The quantitative estimate of drug-likeness (QED) is 0.841. The number of aromatic carboxylic acids is 1. The molecule has 19 heavy (non-hydrogen) atoms. The van der Waals surface area contributed by atoms with Crippen LogP contribution in [0.1, 0.15) is 30.6 Å². The molecular formula is C12H16FNO4S. The summed E-state index contributed by atoms with van der Waals surface area (Å²) in [7, 11) is -3.76. The Morgan fingerprint density at radius 2 is 2.05 bits per heavy atom. The van der Waals surface area contributed by atoms with E-state index in [0.717, 1.165) is 12.1 Å². The van der Waals surface area contributed by atoms with Crippen molar-refractivity contribution in [2.75, 3.05) is 10.5 Å². The SMILES string of the molecule is CC(C)CCS(=O)(=O)Nc1c(F)cccc1C(=O)O. The zero-order valence-corrected chi connectivity index (χ0v) is 11.5.